The normalized spacial score (nSPS) is 11.1. The minimum Gasteiger partial charge on any atom is -0.109 e. The molecule has 0 aliphatic rings. The maximum absolute atomic E-state index is 2.27. The molecule has 0 aliphatic heterocycles. The first-order valence-corrected chi connectivity index (χ1v) is 6.01. The average molecular weight is 172 g/mol. The van der Waals surface area contributed by atoms with Gasteiger partial charge in [-0.2, -0.15) is 0 Å². The second-order valence-corrected chi connectivity index (χ2v) is 4.26. The lowest BCUT2D eigenvalue weighted by Crippen LogP contribution is -1.79. The van der Waals surface area contributed by atoms with Gasteiger partial charge < -0.3 is 0 Å². The van der Waals surface area contributed by atoms with Crippen molar-refractivity contribution in [2.75, 3.05) is 6.16 Å². The van der Waals surface area contributed by atoms with E-state index in [1.165, 1.54) is 52.9 Å². The molecular formula is C10H21P. The summed E-state index contributed by atoms with van der Waals surface area (Å²) in [5.74, 6) is 2.24. The molecule has 66 valence electrons. The minimum absolute atomic E-state index is 1.36. The van der Waals surface area contributed by atoms with E-state index in [2.05, 4.69) is 19.6 Å². The van der Waals surface area contributed by atoms with Crippen LogP contribution in [0, 0.1) is 0 Å². The van der Waals surface area contributed by atoms with Crippen LogP contribution in [0.2, 0.25) is 0 Å². The van der Waals surface area contributed by atoms with E-state index >= 15 is 0 Å². The van der Waals surface area contributed by atoms with Crippen LogP contribution in [0.3, 0.4) is 0 Å². The van der Waals surface area contributed by atoms with Gasteiger partial charge in [-0.15, -0.1) is 8.20 Å². The first-order valence-electron chi connectivity index (χ1n) is 4.86. The van der Waals surface area contributed by atoms with Gasteiger partial charge in [-0.1, -0.05) is 44.8 Å². The zero-order valence-corrected chi connectivity index (χ0v) is 8.87. The van der Waals surface area contributed by atoms with Crippen molar-refractivity contribution in [3.63, 3.8) is 0 Å². The Morgan fingerprint density at radius 2 is 1.64 bits per heavy atom. The quantitative estimate of drug-likeness (QED) is 0.400. The third-order valence-corrected chi connectivity index (χ3v) is 2.76. The lowest BCUT2D eigenvalue weighted by Gasteiger charge is -1.96. The molecule has 0 saturated heterocycles. The van der Waals surface area contributed by atoms with Crippen LogP contribution in [-0.2, 0) is 0 Å². The van der Waals surface area contributed by atoms with Crippen molar-refractivity contribution in [1.29, 1.82) is 0 Å². The van der Waals surface area contributed by atoms with Crippen LogP contribution in [0.1, 0.15) is 52.4 Å². The Bertz CT molecular complexity index is 86.9. The molecule has 0 aromatic carbocycles. The first kappa shape index (κ1) is 11.2. The summed E-state index contributed by atoms with van der Waals surface area (Å²) in [4.78, 5) is 0. The SMILES string of the molecule is CC=PCCCCCCCC. The first-order chi connectivity index (χ1) is 5.41. The summed E-state index contributed by atoms with van der Waals surface area (Å²) in [6.07, 6.45) is 9.94. The lowest BCUT2D eigenvalue weighted by atomic mass is 10.1. The zero-order valence-electron chi connectivity index (χ0n) is 7.97. The van der Waals surface area contributed by atoms with Crippen molar-refractivity contribution in [2.45, 2.75) is 52.4 Å². The third kappa shape index (κ3) is 10.2. The van der Waals surface area contributed by atoms with Crippen molar-refractivity contribution in [1.82, 2.24) is 0 Å². The topological polar surface area (TPSA) is 0 Å². The highest BCUT2D eigenvalue weighted by molar-refractivity contribution is 7.38. The molecule has 0 N–H and O–H groups in total. The maximum Gasteiger partial charge on any atom is -0.0109 e. The predicted octanol–water partition coefficient (Wildman–Crippen LogP) is 4.12. The molecule has 1 heteroatoms. The standard InChI is InChI=1S/C10H21P/c1-3-5-6-7-8-9-10-11-4-2/h4H,3,5-10H2,1-2H3. The van der Waals surface area contributed by atoms with E-state index < -0.39 is 0 Å². The van der Waals surface area contributed by atoms with E-state index in [1.54, 1.807) is 0 Å². The molecule has 0 aliphatic carbocycles. The smallest absolute Gasteiger partial charge is 0.0109 e. The summed E-state index contributed by atoms with van der Waals surface area (Å²) in [7, 11) is 1.52. The summed E-state index contributed by atoms with van der Waals surface area (Å²) in [6.45, 7) is 4.41. The monoisotopic (exact) mass is 172 g/mol. The summed E-state index contributed by atoms with van der Waals surface area (Å²) in [5.41, 5.74) is 0. The van der Waals surface area contributed by atoms with E-state index in [9.17, 15) is 0 Å². The van der Waals surface area contributed by atoms with Crippen molar-refractivity contribution in [2.24, 2.45) is 0 Å². The minimum atomic E-state index is 1.36. The summed E-state index contributed by atoms with van der Waals surface area (Å²) in [5, 5.41) is 0. The third-order valence-electron chi connectivity index (χ3n) is 1.82. The Kier molecular flexibility index (Phi) is 10.3. The van der Waals surface area contributed by atoms with Gasteiger partial charge in [0, 0.05) is 0 Å². The highest BCUT2D eigenvalue weighted by atomic mass is 31.1. The Hall–Kier alpha value is 0.170. The Morgan fingerprint density at radius 1 is 1.00 bits per heavy atom. The van der Waals surface area contributed by atoms with Gasteiger partial charge >= 0.3 is 0 Å². The van der Waals surface area contributed by atoms with Crippen LogP contribution in [0.25, 0.3) is 0 Å². The average Bonchev–Trinajstić information content (AvgIpc) is 2.03. The van der Waals surface area contributed by atoms with Gasteiger partial charge in [0.15, 0.2) is 0 Å². The summed E-state index contributed by atoms with van der Waals surface area (Å²) in [6, 6.07) is 0. The van der Waals surface area contributed by atoms with Gasteiger partial charge in [-0.05, 0) is 19.5 Å². The van der Waals surface area contributed by atoms with E-state index in [1.807, 2.05) is 0 Å². The molecule has 11 heavy (non-hydrogen) atoms. The van der Waals surface area contributed by atoms with Crippen LogP contribution >= 0.6 is 8.20 Å². The van der Waals surface area contributed by atoms with E-state index in [0.717, 1.165) is 0 Å². The predicted molar refractivity (Wildman–Crippen MR) is 56.9 cm³/mol. The van der Waals surface area contributed by atoms with Crippen LogP contribution in [0.5, 0.6) is 0 Å². The van der Waals surface area contributed by atoms with Crippen molar-refractivity contribution in [3.8, 4) is 0 Å². The van der Waals surface area contributed by atoms with E-state index in [4.69, 9.17) is 0 Å². The fourth-order valence-electron chi connectivity index (χ4n) is 1.11. The van der Waals surface area contributed by atoms with Crippen molar-refractivity contribution in [3.05, 3.63) is 0 Å². The van der Waals surface area contributed by atoms with Gasteiger partial charge in [-0.25, -0.2) is 0 Å². The molecule has 0 fully saturated rings. The molecule has 0 heterocycles. The Morgan fingerprint density at radius 3 is 2.27 bits per heavy atom. The molecule has 0 unspecified atom stereocenters. The molecule has 0 rings (SSSR count). The molecule has 0 amide bonds. The van der Waals surface area contributed by atoms with Crippen LogP contribution in [-0.4, -0.2) is 12.0 Å². The van der Waals surface area contributed by atoms with Crippen LogP contribution < -0.4 is 0 Å². The van der Waals surface area contributed by atoms with Crippen LogP contribution in [0.15, 0.2) is 0 Å². The molecule has 0 aromatic rings. The summed E-state index contributed by atoms with van der Waals surface area (Å²) >= 11 is 0. The molecular weight excluding hydrogens is 151 g/mol. The number of hydrogen-bond acceptors (Lipinski definition) is 0. The number of hydrogen-bond donors (Lipinski definition) is 0. The molecule has 0 saturated carbocycles. The molecule has 0 nitrogen and oxygen atoms in total. The largest absolute Gasteiger partial charge is 0.109 e. The Labute approximate surface area is 73.2 Å². The molecule has 0 aromatic heterocycles. The molecule has 0 spiro atoms. The van der Waals surface area contributed by atoms with Gasteiger partial charge in [0.25, 0.3) is 0 Å². The van der Waals surface area contributed by atoms with Crippen molar-refractivity contribution < 1.29 is 0 Å². The van der Waals surface area contributed by atoms with Gasteiger partial charge in [0.05, 0.1) is 0 Å². The zero-order chi connectivity index (χ0) is 8.36. The van der Waals surface area contributed by atoms with Crippen molar-refractivity contribution >= 4 is 14.0 Å². The molecule has 0 radical (unpaired) electrons. The lowest BCUT2D eigenvalue weighted by molar-refractivity contribution is 0.627. The highest BCUT2D eigenvalue weighted by Gasteiger charge is 1.87. The fourth-order valence-corrected chi connectivity index (χ4v) is 1.78. The molecule has 0 atom stereocenters. The maximum atomic E-state index is 2.27. The van der Waals surface area contributed by atoms with Gasteiger partial charge in [-0.3, -0.25) is 0 Å². The number of rotatable bonds is 7. The second kappa shape index (κ2) is 10.2. The Balaban J connectivity index is 2.79. The highest BCUT2D eigenvalue weighted by Crippen LogP contribution is 2.07. The fraction of sp³-hybridized carbons (Fsp3) is 0.900. The van der Waals surface area contributed by atoms with E-state index in [-0.39, 0.29) is 0 Å². The number of unbranched alkanes of at least 4 members (excludes halogenated alkanes) is 5. The second-order valence-electron chi connectivity index (χ2n) is 2.93. The van der Waals surface area contributed by atoms with Gasteiger partial charge in [0.2, 0.25) is 0 Å². The van der Waals surface area contributed by atoms with Crippen LogP contribution in [0.4, 0.5) is 0 Å². The molecule has 0 bridgehead atoms. The van der Waals surface area contributed by atoms with Gasteiger partial charge in [0.1, 0.15) is 0 Å². The summed E-state index contributed by atoms with van der Waals surface area (Å²) < 4.78 is 0. The van der Waals surface area contributed by atoms with E-state index in [0.29, 0.717) is 0 Å².